The highest BCUT2D eigenvalue weighted by Gasteiger charge is 2.61. The van der Waals surface area contributed by atoms with Crippen molar-refractivity contribution in [3.63, 3.8) is 0 Å². The van der Waals surface area contributed by atoms with Crippen LogP contribution in [0.15, 0.2) is 72.1 Å². The number of likely N-dealkylation sites (tertiary alicyclic amines) is 1. The maximum absolute atomic E-state index is 13.9. The molecular formula is C34H43N3O7S. The van der Waals surface area contributed by atoms with Crippen LogP contribution in [0.4, 0.5) is 4.79 Å². The van der Waals surface area contributed by atoms with Gasteiger partial charge in [0.15, 0.2) is 0 Å². The molecule has 3 aliphatic rings. The Labute approximate surface area is 265 Å². The molecule has 0 bridgehead atoms. The summed E-state index contributed by atoms with van der Waals surface area (Å²) in [6.45, 7) is 10.2. The molecule has 242 valence electrons. The van der Waals surface area contributed by atoms with Crippen LogP contribution in [0.2, 0.25) is 0 Å². The Hall–Kier alpha value is -3.86. The van der Waals surface area contributed by atoms with E-state index < -0.39 is 45.0 Å². The maximum atomic E-state index is 13.9. The molecule has 5 rings (SSSR count). The summed E-state index contributed by atoms with van der Waals surface area (Å²) in [6.07, 6.45) is 5.09. The number of amides is 3. The predicted octanol–water partition coefficient (Wildman–Crippen LogP) is 4.80. The summed E-state index contributed by atoms with van der Waals surface area (Å²) in [6, 6.07) is 15.4. The molecule has 3 fully saturated rings. The lowest BCUT2D eigenvalue weighted by Gasteiger charge is -2.45. The summed E-state index contributed by atoms with van der Waals surface area (Å²) in [5.74, 6) is -1.65. The van der Waals surface area contributed by atoms with E-state index in [4.69, 9.17) is 9.47 Å². The highest BCUT2D eigenvalue weighted by molar-refractivity contribution is 7.90. The van der Waals surface area contributed by atoms with E-state index in [2.05, 4.69) is 16.6 Å². The van der Waals surface area contributed by atoms with Gasteiger partial charge in [-0.2, -0.15) is 0 Å². The van der Waals surface area contributed by atoms with Gasteiger partial charge in [0.1, 0.15) is 23.5 Å². The number of nitrogens with zero attached hydrogens (tertiary/aromatic N) is 1. The van der Waals surface area contributed by atoms with E-state index in [1.807, 2.05) is 30.3 Å². The van der Waals surface area contributed by atoms with Crippen LogP contribution < -0.4 is 14.8 Å². The van der Waals surface area contributed by atoms with Gasteiger partial charge in [-0.1, -0.05) is 55.3 Å². The second kappa shape index (κ2) is 12.9. The van der Waals surface area contributed by atoms with Gasteiger partial charge in [-0.25, -0.2) is 17.9 Å². The molecule has 2 N–H and O–H groups in total. The molecule has 2 saturated carbocycles. The van der Waals surface area contributed by atoms with E-state index in [1.165, 1.54) is 12.1 Å². The molecule has 0 aromatic heterocycles. The largest absolute Gasteiger partial charge is 0.489 e. The lowest BCUT2D eigenvalue weighted by molar-refractivity contribution is -0.136. The van der Waals surface area contributed by atoms with E-state index in [-0.39, 0.29) is 42.2 Å². The van der Waals surface area contributed by atoms with Gasteiger partial charge in [-0.15, -0.1) is 6.58 Å². The Balaban J connectivity index is 1.30. The molecular weight excluding hydrogens is 594 g/mol. The summed E-state index contributed by atoms with van der Waals surface area (Å²) < 4.78 is 40.3. The SMILES string of the molecule is C=C[C@@H]1C[C@]1(NC(=O)C1CN(C(=O)OC(C)(C)C)CC2CCCCC21)C(=O)NS(=O)(=O)c1cccc(OCc2ccccc2)c1. The zero-order valence-corrected chi connectivity index (χ0v) is 27.0. The fourth-order valence-electron chi connectivity index (χ4n) is 6.57. The summed E-state index contributed by atoms with van der Waals surface area (Å²) in [5.41, 5.74) is -1.20. The van der Waals surface area contributed by atoms with Crippen LogP contribution in [0.3, 0.4) is 0 Å². The van der Waals surface area contributed by atoms with Gasteiger partial charge in [0.25, 0.3) is 15.9 Å². The van der Waals surface area contributed by atoms with Crippen LogP contribution in [0.1, 0.15) is 58.4 Å². The lowest BCUT2D eigenvalue weighted by atomic mass is 9.69. The van der Waals surface area contributed by atoms with Gasteiger partial charge in [0.05, 0.1) is 10.8 Å². The molecule has 3 unspecified atom stereocenters. The number of benzene rings is 2. The van der Waals surface area contributed by atoms with Gasteiger partial charge in [-0.05, 0) is 69.6 Å². The van der Waals surface area contributed by atoms with Gasteiger partial charge in [0, 0.05) is 25.1 Å². The fraction of sp³-hybridized carbons (Fsp3) is 0.500. The molecule has 1 saturated heterocycles. The van der Waals surface area contributed by atoms with Crippen molar-refractivity contribution in [1.82, 2.24) is 14.9 Å². The van der Waals surface area contributed by atoms with Crippen molar-refractivity contribution in [3.8, 4) is 5.75 Å². The average molecular weight is 638 g/mol. The first-order chi connectivity index (χ1) is 21.3. The van der Waals surface area contributed by atoms with Crippen LogP contribution in [0, 0.1) is 23.7 Å². The van der Waals surface area contributed by atoms with Crippen molar-refractivity contribution < 1.29 is 32.3 Å². The molecule has 0 spiro atoms. The number of fused-ring (bicyclic) bond motifs is 1. The number of nitrogens with one attached hydrogen (secondary N) is 2. The van der Waals surface area contributed by atoms with Crippen LogP contribution in [-0.2, 0) is 31.0 Å². The first-order valence-corrected chi connectivity index (χ1v) is 17.1. The molecule has 5 atom stereocenters. The molecule has 2 aromatic carbocycles. The van der Waals surface area contributed by atoms with Gasteiger partial charge in [-0.3, -0.25) is 9.59 Å². The van der Waals surface area contributed by atoms with E-state index in [0.29, 0.717) is 12.3 Å². The number of hydrogen-bond acceptors (Lipinski definition) is 7. The first kappa shape index (κ1) is 32.5. The van der Waals surface area contributed by atoms with Gasteiger partial charge < -0.3 is 19.7 Å². The average Bonchev–Trinajstić information content (AvgIpc) is 3.73. The highest BCUT2D eigenvalue weighted by Crippen LogP contribution is 2.46. The molecule has 0 radical (unpaired) electrons. The normalized spacial score (nSPS) is 26.2. The summed E-state index contributed by atoms with van der Waals surface area (Å²) in [7, 11) is -4.29. The number of carbonyl (C=O) groups excluding carboxylic acids is 3. The van der Waals surface area contributed by atoms with Gasteiger partial charge >= 0.3 is 6.09 Å². The molecule has 11 heteroatoms. The third kappa shape index (κ3) is 7.52. The van der Waals surface area contributed by atoms with Crippen molar-refractivity contribution >= 4 is 27.9 Å². The molecule has 45 heavy (non-hydrogen) atoms. The minimum atomic E-state index is -4.29. The molecule has 3 amide bonds. The van der Waals surface area contributed by atoms with Crippen LogP contribution in [-0.4, -0.2) is 55.5 Å². The number of ether oxygens (including phenoxy) is 2. The van der Waals surface area contributed by atoms with Gasteiger partial charge in [0.2, 0.25) is 5.91 Å². The lowest BCUT2D eigenvalue weighted by Crippen LogP contribution is -2.58. The van der Waals surface area contributed by atoms with Crippen LogP contribution >= 0.6 is 0 Å². The summed E-state index contributed by atoms with van der Waals surface area (Å²) >= 11 is 0. The van der Waals surface area contributed by atoms with Crippen molar-refractivity contribution in [2.24, 2.45) is 23.7 Å². The molecule has 1 heterocycles. The third-order valence-corrected chi connectivity index (χ3v) is 10.3. The zero-order valence-electron chi connectivity index (χ0n) is 26.2. The monoisotopic (exact) mass is 637 g/mol. The Bertz CT molecular complexity index is 1540. The smallest absolute Gasteiger partial charge is 0.410 e. The molecule has 2 aliphatic carbocycles. The number of piperidine rings is 1. The molecule has 10 nitrogen and oxygen atoms in total. The second-order valence-corrected chi connectivity index (χ2v) is 15.1. The Morgan fingerprint density at radius 3 is 2.47 bits per heavy atom. The van der Waals surface area contributed by atoms with E-state index in [0.717, 1.165) is 31.2 Å². The number of hydrogen-bond donors (Lipinski definition) is 2. The topological polar surface area (TPSA) is 131 Å². The van der Waals surface area contributed by atoms with Crippen molar-refractivity contribution in [3.05, 3.63) is 72.8 Å². The summed E-state index contributed by atoms with van der Waals surface area (Å²) in [4.78, 5) is 42.0. The maximum Gasteiger partial charge on any atom is 0.410 e. The number of carbonyl (C=O) groups is 3. The predicted molar refractivity (Wildman–Crippen MR) is 168 cm³/mol. The van der Waals surface area contributed by atoms with Crippen molar-refractivity contribution in [2.45, 2.75) is 75.5 Å². The Morgan fingerprint density at radius 2 is 1.78 bits per heavy atom. The Morgan fingerprint density at radius 1 is 1.04 bits per heavy atom. The van der Waals surface area contributed by atoms with Crippen LogP contribution in [0.5, 0.6) is 5.75 Å². The van der Waals surface area contributed by atoms with E-state index in [9.17, 15) is 22.8 Å². The Kier molecular flexibility index (Phi) is 9.30. The quantitative estimate of drug-likeness (QED) is 0.378. The minimum absolute atomic E-state index is 0.0563. The molecule has 1 aliphatic heterocycles. The van der Waals surface area contributed by atoms with Crippen molar-refractivity contribution in [1.29, 1.82) is 0 Å². The second-order valence-electron chi connectivity index (χ2n) is 13.4. The minimum Gasteiger partial charge on any atom is -0.489 e. The number of sulfonamides is 1. The standard InChI is InChI=1S/C34H43N3O7S/c1-5-25-19-34(25,31(39)36-45(41,42)27-16-11-15-26(18-27)43-22-23-12-7-6-8-13-23)35-30(38)29-21-37(32(40)44-33(2,3)4)20-24-14-9-10-17-28(24)29/h5-8,11-13,15-16,18,24-25,28-29H,1,9-10,14,17,19-22H2,2-4H3,(H,35,38)(H,36,39)/t24?,25-,28?,29?,34-/m1/s1. The first-order valence-electron chi connectivity index (χ1n) is 15.6. The highest BCUT2D eigenvalue weighted by atomic mass is 32.2. The van der Waals surface area contributed by atoms with Crippen LogP contribution in [0.25, 0.3) is 0 Å². The number of rotatable bonds is 9. The van der Waals surface area contributed by atoms with Crippen molar-refractivity contribution in [2.75, 3.05) is 13.1 Å². The van der Waals surface area contributed by atoms with E-state index >= 15 is 0 Å². The third-order valence-electron chi connectivity index (χ3n) is 8.99. The summed E-state index contributed by atoms with van der Waals surface area (Å²) in [5, 5.41) is 2.91. The van der Waals surface area contributed by atoms with E-state index in [1.54, 1.807) is 43.9 Å². The fourth-order valence-corrected chi connectivity index (χ4v) is 7.64. The molecule has 2 aromatic rings. The zero-order chi connectivity index (χ0) is 32.4.